The number of rotatable bonds is 3. The van der Waals surface area contributed by atoms with E-state index in [0.717, 1.165) is 5.52 Å². The summed E-state index contributed by atoms with van der Waals surface area (Å²) in [6.07, 6.45) is 0. The minimum Gasteiger partial charge on any atom is -0.507 e. The van der Waals surface area contributed by atoms with Gasteiger partial charge in [-0.05, 0) is 48.0 Å². The Labute approximate surface area is 139 Å². The Bertz CT molecular complexity index is 887. The quantitative estimate of drug-likeness (QED) is 0.631. The van der Waals surface area contributed by atoms with Gasteiger partial charge in [0.15, 0.2) is 10.7 Å². The molecule has 3 rings (SSSR count). The highest BCUT2D eigenvalue weighted by Gasteiger charge is 2.14. The van der Waals surface area contributed by atoms with E-state index < -0.39 is 0 Å². The first-order valence-electron chi connectivity index (χ1n) is 7.24. The standard InChI is InChI=1S/C17H17N3O2S/c1-9(2)10-3-6-15-13(7-10)20-16(22-15)12-5-4-11(8-14(12)21)19-17(18)23/h3-9,21H,1-2H3,(H3,18,19,23). The third kappa shape index (κ3) is 3.12. The number of nitrogens with two attached hydrogens (primary N) is 1. The third-order valence-corrected chi connectivity index (χ3v) is 3.68. The number of benzene rings is 2. The van der Waals surface area contributed by atoms with Gasteiger partial charge in [-0.2, -0.15) is 0 Å². The summed E-state index contributed by atoms with van der Waals surface area (Å²) in [7, 11) is 0. The van der Waals surface area contributed by atoms with Crippen molar-refractivity contribution in [1.82, 2.24) is 4.98 Å². The lowest BCUT2D eigenvalue weighted by Gasteiger charge is -2.06. The van der Waals surface area contributed by atoms with Gasteiger partial charge in [-0.3, -0.25) is 0 Å². The molecule has 6 heteroatoms. The van der Waals surface area contributed by atoms with Crippen molar-refractivity contribution in [3.05, 3.63) is 42.0 Å². The van der Waals surface area contributed by atoms with Gasteiger partial charge in [0, 0.05) is 11.8 Å². The number of thiocarbonyl (C=S) groups is 1. The van der Waals surface area contributed by atoms with E-state index in [1.165, 1.54) is 11.6 Å². The first-order chi connectivity index (χ1) is 10.9. The van der Waals surface area contributed by atoms with Crippen LogP contribution in [0.3, 0.4) is 0 Å². The summed E-state index contributed by atoms with van der Waals surface area (Å²) in [4.78, 5) is 4.48. The Morgan fingerprint density at radius 3 is 2.70 bits per heavy atom. The lowest BCUT2D eigenvalue weighted by Crippen LogP contribution is -2.18. The van der Waals surface area contributed by atoms with Crippen LogP contribution in [-0.4, -0.2) is 15.2 Å². The Morgan fingerprint density at radius 1 is 1.26 bits per heavy atom. The second kappa shape index (κ2) is 5.89. The number of hydrogen-bond donors (Lipinski definition) is 3. The van der Waals surface area contributed by atoms with Crippen molar-refractivity contribution in [3.8, 4) is 17.2 Å². The molecule has 0 fully saturated rings. The van der Waals surface area contributed by atoms with Crippen molar-refractivity contribution in [3.63, 3.8) is 0 Å². The number of fused-ring (bicyclic) bond motifs is 1. The van der Waals surface area contributed by atoms with Crippen LogP contribution in [0.1, 0.15) is 25.3 Å². The van der Waals surface area contributed by atoms with Gasteiger partial charge < -0.3 is 20.6 Å². The number of nitrogens with zero attached hydrogens (tertiary/aromatic N) is 1. The smallest absolute Gasteiger partial charge is 0.231 e. The highest BCUT2D eigenvalue weighted by Crippen LogP contribution is 2.33. The van der Waals surface area contributed by atoms with Crippen LogP contribution >= 0.6 is 12.2 Å². The zero-order valence-corrected chi connectivity index (χ0v) is 13.6. The normalized spacial score (nSPS) is 11.1. The molecule has 0 atom stereocenters. The molecule has 2 aromatic carbocycles. The first kappa shape index (κ1) is 15.3. The fourth-order valence-electron chi connectivity index (χ4n) is 2.35. The van der Waals surface area contributed by atoms with Gasteiger partial charge in [-0.25, -0.2) is 4.98 Å². The average Bonchev–Trinajstić information content (AvgIpc) is 2.89. The fraction of sp³-hybridized carbons (Fsp3) is 0.176. The lowest BCUT2D eigenvalue weighted by molar-refractivity contribution is 0.474. The average molecular weight is 327 g/mol. The summed E-state index contributed by atoms with van der Waals surface area (Å²) in [6, 6.07) is 10.9. The molecule has 5 nitrogen and oxygen atoms in total. The first-order valence-corrected chi connectivity index (χ1v) is 7.65. The van der Waals surface area contributed by atoms with Gasteiger partial charge in [-0.15, -0.1) is 0 Å². The van der Waals surface area contributed by atoms with Crippen LogP contribution in [0.5, 0.6) is 5.75 Å². The molecule has 0 aliphatic heterocycles. The van der Waals surface area contributed by atoms with Crippen LogP contribution in [0.2, 0.25) is 0 Å². The minimum atomic E-state index is 0.0434. The van der Waals surface area contributed by atoms with E-state index in [2.05, 4.69) is 24.1 Å². The number of oxazole rings is 1. The number of aromatic hydroxyl groups is 1. The van der Waals surface area contributed by atoms with Crippen LogP contribution in [0.15, 0.2) is 40.8 Å². The summed E-state index contributed by atoms with van der Waals surface area (Å²) in [5, 5.41) is 13.1. The van der Waals surface area contributed by atoms with Crippen molar-refractivity contribution in [2.24, 2.45) is 5.73 Å². The maximum absolute atomic E-state index is 10.2. The van der Waals surface area contributed by atoms with E-state index >= 15 is 0 Å². The predicted molar refractivity (Wildman–Crippen MR) is 95.6 cm³/mol. The molecule has 4 N–H and O–H groups in total. The Balaban J connectivity index is 2.01. The number of anilines is 1. The molecule has 0 saturated heterocycles. The van der Waals surface area contributed by atoms with E-state index in [0.29, 0.717) is 28.6 Å². The van der Waals surface area contributed by atoms with Crippen LogP contribution in [0.25, 0.3) is 22.6 Å². The van der Waals surface area contributed by atoms with Crippen molar-refractivity contribution in [1.29, 1.82) is 0 Å². The number of phenolic OH excluding ortho intramolecular Hbond substituents is 1. The van der Waals surface area contributed by atoms with Crippen molar-refractivity contribution in [2.75, 3.05) is 5.32 Å². The largest absolute Gasteiger partial charge is 0.507 e. The minimum absolute atomic E-state index is 0.0434. The van der Waals surface area contributed by atoms with Gasteiger partial charge in [0.1, 0.15) is 11.3 Å². The Morgan fingerprint density at radius 2 is 2.04 bits per heavy atom. The number of hydrogen-bond acceptors (Lipinski definition) is 4. The summed E-state index contributed by atoms with van der Waals surface area (Å²) in [5.74, 6) is 0.834. The molecule has 0 aliphatic rings. The molecular formula is C17H17N3O2S. The van der Waals surface area contributed by atoms with Crippen molar-refractivity contribution in [2.45, 2.75) is 19.8 Å². The summed E-state index contributed by atoms with van der Waals surface area (Å²) in [5.41, 5.74) is 9.20. The molecule has 0 amide bonds. The summed E-state index contributed by atoms with van der Waals surface area (Å²) < 4.78 is 5.75. The van der Waals surface area contributed by atoms with Gasteiger partial charge >= 0.3 is 0 Å². The second-order valence-corrected chi connectivity index (χ2v) is 6.06. The van der Waals surface area contributed by atoms with Crippen LogP contribution in [-0.2, 0) is 0 Å². The Hall–Kier alpha value is -2.60. The monoisotopic (exact) mass is 327 g/mol. The van der Waals surface area contributed by atoms with Crippen LogP contribution < -0.4 is 11.1 Å². The molecular weight excluding hydrogens is 310 g/mol. The van der Waals surface area contributed by atoms with E-state index in [1.54, 1.807) is 12.1 Å². The molecule has 1 heterocycles. The zero-order valence-electron chi connectivity index (χ0n) is 12.8. The SMILES string of the molecule is CC(C)c1ccc2oc(-c3ccc(NC(N)=S)cc3O)nc2c1. The maximum atomic E-state index is 10.2. The maximum Gasteiger partial charge on any atom is 0.231 e. The van der Waals surface area contributed by atoms with Crippen molar-refractivity contribution >= 4 is 34.1 Å². The van der Waals surface area contributed by atoms with E-state index in [4.69, 9.17) is 22.4 Å². The van der Waals surface area contributed by atoms with E-state index in [1.807, 2.05) is 18.2 Å². The van der Waals surface area contributed by atoms with Crippen LogP contribution in [0.4, 0.5) is 5.69 Å². The van der Waals surface area contributed by atoms with Crippen molar-refractivity contribution < 1.29 is 9.52 Å². The molecule has 0 spiro atoms. The zero-order chi connectivity index (χ0) is 16.6. The summed E-state index contributed by atoms with van der Waals surface area (Å²) in [6.45, 7) is 4.25. The molecule has 0 bridgehead atoms. The highest BCUT2D eigenvalue weighted by atomic mass is 32.1. The molecule has 0 aliphatic carbocycles. The van der Waals surface area contributed by atoms with Gasteiger partial charge in [0.25, 0.3) is 0 Å². The number of nitrogens with one attached hydrogen (secondary N) is 1. The molecule has 23 heavy (non-hydrogen) atoms. The number of aromatic nitrogens is 1. The fourth-order valence-corrected chi connectivity index (χ4v) is 2.47. The Kier molecular flexibility index (Phi) is 3.92. The van der Waals surface area contributed by atoms with Gasteiger partial charge in [0.2, 0.25) is 5.89 Å². The second-order valence-electron chi connectivity index (χ2n) is 5.62. The lowest BCUT2D eigenvalue weighted by atomic mass is 10.0. The molecule has 1 aromatic heterocycles. The third-order valence-electron chi connectivity index (χ3n) is 3.57. The van der Waals surface area contributed by atoms with Crippen LogP contribution in [0, 0.1) is 0 Å². The topological polar surface area (TPSA) is 84.3 Å². The molecule has 0 saturated carbocycles. The van der Waals surface area contributed by atoms with E-state index in [9.17, 15) is 5.11 Å². The van der Waals surface area contributed by atoms with Gasteiger partial charge in [-0.1, -0.05) is 19.9 Å². The molecule has 118 valence electrons. The molecule has 3 aromatic rings. The van der Waals surface area contributed by atoms with Gasteiger partial charge in [0.05, 0.1) is 5.56 Å². The van der Waals surface area contributed by atoms with E-state index in [-0.39, 0.29) is 10.9 Å². The highest BCUT2D eigenvalue weighted by molar-refractivity contribution is 7.80. The summed E-state index contributed by atoms with van der Waals surface area (Å²) >= 11 is 4.78. The molecule has 0 radical (unpaired) electrons. The predicted octanol–water partition coefficient (Wildman–Crippen LogP) is 3.98. The number of phenols is 1. The molecule has 0 unspecified atom stereocenters.